The number of carbonyl (C=O) groups is 3. The largest absolute Gasteiger partial charge is 0.341 e. The summed E-state index contributed by atoms with van der Waals surface area (Å²) >= 11 is 0. The van der Waals surface area contributed by atoms with E-state index in [4.69, 9.17) is 0 Å². The van der Waals surface area contributed by atoms with E-state index in [1.807, 2.05) is 41.3 Å². The molecule has 0 aromatic heterocycles. The molecule has 3 aliphatic rings. The first kappa shape index (κ1) is 27.9. The fourth-order valence-corrected chi connectivity index (χ4v) is 6.80. The average Bonchev–Trinajstić information content (AvgIpc) is 3.28. The van der Waals surface area contributed by atoms with Gasteiger partial charge >= 0.3 is 0 Å². The first-order valence-electron chi connectivity index (χ1n) is 14.9. The number of likely N-dealkylation sites (tertiary alicyclic amines) is 2. The highest BCUT2D eigenvalue weighted by atomic mass is 19.1. The molecule has 0 aliphatic carbocycles. The normalized spacial score (nSPS) is 19.0. The van der Waals surface area contributed by atoms with E-state index in [0.29, 0.717) is 57.2 Å². The van der Waals surface area contributed by atoms with Gasteiger partial charge in [0, 0.05) is 37.4 Å². The molecule has 3 heterocycles. The van der Waals surface area contributed by atoms with Crippen molar-refractivity contribution < 1.29 is 18.8 Å². The van der Waals surface area contributed by atoms with Crippen LogP contribution in [-0.2, 0) is 16.0 Å². The van der Waals surface area contributed by atoms with Crippen molar-refractivity contribution in [2.45, 2.75) is 37.6 Å². The zero-order valence-electron chi connectivity index (χ0n) is 23.8. The average molecular weight is 569 g/mol. The third-order valence-corrected chi connectivity index (χ3v) is 9.19. The quantitative estimate of drug-likeness (QED) is 0.437. The Morgan fingerprint density at radius 3 is 2.14 bits per heavy atom. The summed E-state index contributed by atoms with van der Waals surface area (Å²) < 4.78 is 13.8. The molecule has 0 saturated carbocycles. The van der Waals surface area contributed by atoms with E-state index in [-0.39, 0.29) is 24.3 Å². The smallest absolute Gasteiger partial charge is 0.253 e. The first-order valence-corrected chi connectivity index (χ1v) is 14.9. The van der Waals surface area contributed by atoms with Crippen LogP contribution in [0.4, 0.5) is 10.1 Å². The van der Waals surface area contributed by atoms with Gasteiger partial charge in [0.05, 0.1) is 6.67 Å². The zero-order valence-corrected chi connectivity index (χ0v) is 23.8. The lowest BCUT2D eigenvalue weighted by Gasteiger charge is -2.43. The summed E-state index contributed by atoms with van der Waals surface area (Å²) in [6.07, 6.45) is 3.84. The molecular formula is C34H37FN4O3. The highest BCUT2D eigenvalue weighted by Gasteiger charge is 2.54. The number of piperidine rings is 2. The number of carbonyl (C=O) groups excluding carboxylic acids is 3. The van der Waals surface area contributed by atoms with Crippen LogP contribution in [0.25, 0.3) is 0 Å². The number of rotatable bonds is 6. The number of amides is 3. The maximum Gasteiger partial charge on any atom is 0.253 e. The van der Waals surface area contributed by atoms with Crippen LogP contribution >= 0.6 is 0 Å². The molecule has 3 aromatic carbocycles. The third-order valence-electron chi connectivity index (χ3n) is 9.19. The number of para-hydroxylation sites is 1. The maximum atomic E-state index is 14.1. The van der Waals surface area contributed by atoms with E-state index >= 15 is 0 Å². The van der Waals surface area contributed by atoms with Crippen LogP contribution in [-0.4, -0.2) is 77.4 Å². The minimum absolute atomic E-state index is 0.00899. The molecule has 0 bridgehead atoms. The lowest BCUT2D eigenvalue weighted by atomic mass is 9.85. The van der Waals surface area contributed by atoms with Gasteiger partial charge in [0.1, 0.15) is 17.9 Å². The zero-order chi connectivity index (χ0) is 29.1. The van der Waals surface area contributed by atoms with E-state index in [9.17, 15) is 18.8 Å². The van der Waals surface area contributed by atoms with Gasteiger partial charge in [-0.15, -0.1) is 0 Å². The van der Waals surface area contributed by atoms with Gasteiger partial charge in [-0.2, -0.15) is 0 Å². The van der Waals surface area contributed by atoms with Crippen molar-refractivity contribution in [3.05, 3.63) is 102 Å². The second-order valence-corrected chi connectivity index (χ2v) is 11.8. The maximum absolute atomic E-state index is 14.1. The summed E-state index contributed by atoms with van der Waals surface area (Å²) in [5, 5.41) is 0. The highest BCUT2D eigenvalue weighted by molar-refractivity contribution is 5.97. The molecule has 8 heteroatoms. The first-order chi connectivity index (χ1) is 20.4. The predicted octanol–water partition coefficient (Wildman–Crippen LogP) is 4.59. The Morgan fingerprint density at radius 1 is 0.810 bits per heavy atom. The highest BCUT2D eigenvalue weighted by Crippen LogP contribution is 2.40. The SMILES string of the molecule is O=C(CN1CN(c2ccccc2)C2(CCN(C(=O)c3cccc(F)c3)CC2)C1=O)N1CCC(Cc2ccccc2)CC1. The summed E-state index contributed by atoms with van der Waals surface area (Å²) in [6.45, 7) is 2.56. The molecule has 3 aliphatic heterocycles. The minimum atomic E-state index is -0.830. The van der Waals surface area contributed by atoms with Gasteiger partial charge in [0.25, 0.3) is 11.8 Å². The van der Waals surface area contributed by atoms with Gasteiger partial charge < -0.3 is 19.6 Å². The Morgan fingerprint density at radius 2 is 1.48 bits per heavy atom. The Kier molecular flexibility index (Phi) is 7.96. The van der Waals surface area contributed by atoms with Gasteiger partial charge in [0.15, 0.2) is 0 Å². The number of halogens is 1. The van der Waals surface area contributed by atoms with Gasteiger partial charge in [-0.25, -0.2) is 4.39 Å². The van der Waals surface area contributed by atoms with E-state index in [1.54, 1.807) is 15.9 Å². The molecule has 0 atom stereocenters. The molecule has 0 N–H and O–H groups in total. The second kappa shape index (κ2) is 12.0. The second-order valence-electron chi connectivity index (χ2n) is 11.8. The standard InChI is InChI=1S/C34H37FN4O3/c35-29-11-7-10-28(23-29)32(41)37-20-16-34(17-21-37)33(42)38(25-39(34)30-12-5-2-6-13-30)24-31(40)36-18-14-27(15-19-36)22-26-8-3-1-4-9-26/h1-13,23,27H,14-22,24-25H2. The number of hydrogen-bond donors (Lipinski definition) is 0. The van der Waals surface area contributed by atoms with Crippen LogP contribution in [0.1, 0.15) is 41.6 Å². The number of hydrogen-bond acceptors (Lipinski definition) is 4. The lowest BCUT2D eigenvalue weighted by molar-refractivity contribution is -0.141. The molecule has 3 aromatic rings. The summed E-state index contributed by atoms with van der Waals surface area (Å²) in [7, 11) is 0. The summed E-state index contributed by atoms with van der Waals surface area (Å²) in [6, 6.07) is 26.0. The Balaban J connectivity index is 1.12. The van der Waals surface area contributed by atoms with Gasteiger partial charge in [-0.1, -0.05) is 54.6 Å². The van der Waals surface area contributed by atoms with Crippen LogP contribution in [0.2, 0.25) is 0 Å². The van der Waals surface area contributed by atoms with Crippen LogP contribution in [0, 0.1) is 11.7 Å². The Hall–Kier alpha value is -4.20. The summed E-state index contributed by atoms with van der Waals surface area (Å²) in [4.78, 5) is 48.0. The van der Waals surface area contributed by atoms with Crippen molar-refractivity contribution in [1.82, 2.24) is 14.7 Å². The Bertz CT molecular complexity index is 1420. The number of anilines is 1. The molecule has 1 spiro atoms. The molecule has 7 nitrogen and oxygen atoms in total. The summed E-state index contributed by atoms with van der Waals surface area (Å²) in [5.41, 5.74) is 1.74. The monoisotopic (exact) mass is 568 g/mol. The van der Waals surface area contributed by atoms with Crippen molar-refractivity contribution >= 4 is 23.4 Å². The third kappa shape index (κ3) is 5.62. The summed E-state index contributed by atoms with van der Waals surface area (Å²) in [5.74, 6) is -0.191. The molecule has 42 heavy (non-hydrogen) atoms. The van der Waals surface area contributed by atoms with Crippen molar-refractivity contribution in [1.29, 1.82) is 0 Å². The van der Waals surface area contributed by atoms with Gasteiger partial charge in [-0.3, -0.25) is 14.4 Å². The van der Waals surface area contributed by atoms with E-state index in [2.05, 4.69) is 29.2 Å². The molecule has 3 fully saturated rings. The molecule has 0 unspecified atom stereocenters. The van der Waals surface area contributed by atoms with Crippen LogP contribution in [0.15, 0.2) is 84.9 Å². The topological polar surface area (TPSA) is 64.2 Å². The number of benzene rings is 3. The molecular weight excluding hydrogens is 531 g/mol. The fraction of sp³-hybridized carbons (Fsp3) is 0.382. The van der Waals surface area contributed by atoms with E-state index in [1.165, 1.54) is 23.8 Å². The minimum Gasteiger partial charge on any atom is -0.341 e. The van der Waals surface area contributed by atoms with Crippen molar-refractivity contribution in [2.24, 2.45) is 5.92 Å². The van der Waals surface area contributed by atoms with Crippen molar-refractivity contribution in [3.63, 3.8) is 0 Å². The molecule has 3 amide bonds. The molecule has 0 radical (unpaired) electrons. The van der Waals surface area contributed by atoms with Crippen molar-refractivity contribution in [3.8, 4) is 0 Å². The van der Waals surface area contributed by atoms with Gasteiger partial charge in [0.2, 0.25) is 5.91 Å². The molecule has 6 rings (SSSR count). The molecule has 218 valence electrons. The van der Waals surface area contributed by atoms with Crippen LogP contribution in [0.5, 0.6) is 0 Å². The predicted molar refractivity (Wildman–Crippen MR) is 159 cm³/mol. The fourth-order valence-electron chi connectivity index (χ4n) is 6.80. The van der Waals surface area contributed by atoms with Crippen molar-refractivity contribution in [2.75, 3.05) is 44.3 Å². The lowest BCUT2D eigenvalue weighted by Crippen LogP contribution is -2.57. The van der Waals surface area contributed by atoms with Gasteiger partial charge in [-0.05, 0) is 73.9 Å². The van der Waals surface area contributed by atoms with Crippen LogP contribution in [0.3, 0.4) is 0 Å². The number of nitrogens with zero attached hydrogens (tertiary/aromatic N) is 4. The van der Waals surface area contributed by atoms with Crippen LogP contribution < -0.4 is 4.90 Å². The Labute approximate surface area is 246 Å². The van der Waals surface area contributed by atoms with E-state index in [0.717, 1.165) is 24.9 Å². The van der Waals surface area contributed by atoms with E-state index < -0.39 is 11.4 Å². The molecule has 3 saturated heterocycles.